The van der Waals surface area contributed by atoms with Gasteiger partial charge in [-0.1, -0.05) is 0 Å². The lowest BCUT2D eigenvalue weighted by molar-refractivity contribution is 0.219. The van der Waals surface area contributed by atoms with Crippen molar-refractivity contribution in [1.29, 1.82) is 0 Å². The van der Waals surface area contributed by atoms with Gasteiger partial charge < -0.3 is 10.1 Å². The normalized spacial score (nSPS) is 10.6. The zero-order chi connectivity index (χ0) is 14.4. The molecule has 20 heavy (non-hydrogen) atoms. The van der Waals surface area contributed by atoms with Gasteiger partial charge >= 0.3 is 6.01 Å². The lowest BCUT2D eigenvalue weighted by Gasteiger charge is -2.10. The molecule has 1 N–H and O–H groups in total. The Bertz CT molecular complexity index is 551. The summed E-state index contributed by atoms with van der Waals surface area (Å²) >= 11 is 1.26. The van der Waals surface area contributed by atoms with Gasteiger partial charge in [-0.2, -0.15) is 15.0 Å². The monoisotopic (exact) mass is 292 g/mol. The van der Waals surface area contributed by atoms with Gasteiger partial charge in [0.25, 0.3) is 0 Å². The molecule has 7 nitrogen and oxygen atoms in total. The second-order valence-corrected chi connectivity index (χ2v) is 4.99. The van der Waals surface area contributed by atoms with Crippen LogP contribution in [0.2, 0.25) is 0 Å². The van der Waals surface area contributed by atoms with E-state index in [2.05, 4.69) is 30.2 Å². The van der Waals surface area contributed by atoms with Crippen LogP contribution in [0.15, 0.2) is 28.8 Å². The molecule has 0 radical (unpaired) electrons. The SMILES string of the molecule is CCNc1nc(OC(C)C)nc(Sc2ncccn2)n1. The van der Waals surface area contributed by atoms with Gasteiger partial charge in [-0.25, -0.2) is 9.97 Å². The van der Waals surface area contributed by atoms with Crippen molar-refractivity contribution >= 4 is 17.7 Å². The molecular weight excluding hydrogens is 276 g/mol. The van der Waals surface area contributed by atoms with Crippen LogP contribution in [-0.2, 0) is 0 Å². The van der Waals surface area contributed by atoms with E-state index in [1.807, 2.05) is 20.8 Å². The second-order valence-electron chi connectivity index (χ2n) is 4.05. The third kappa shape index (κ3) is 4.30. The average Bonchev–Trinajstić information content (AvgIpc) is 2.39. The molecule has 0 aliphatic rings. The molecule has 2 aromatic rings. The molecule has 106 valence electrons. The van der Waals surface area contributed by atoms with Gasteiger partial charge in [-0.15, -0.1) is 0 Å². The molecule has 0 saturated carbocycles. The Labute approximate surface area is 121 Å². The highest BCUT2D eigenvalue weighted by Crippen LogP contribution is 2.23. The molecule has 0 saturated heterocycles. The fraction of sp³-hybridized carbons (Fsp3) is 0.417. The fourth-order valence-electron chi connectivity index (χ4n) is 1.30. The van der Waals surface area contributed by atoms with E-state index in [0.29, 0.717) is 22.3 Å². The van der Waals surface area contributed by atoms with Crippen molar-refractivity contribution in [3.63, 3.8) is 0 Å². The molecule has 0 unspecified atom stereocenters. The van der Waals surface area contributed by atoms with Crippen LogP contribution in [0.5, 0.6) is 6.01 Å². The van der Waals surface area contributed by atoms with Crippen molar-refractivity contribution in [2.75, 3.05) is 11.9 Å². The lowest BCUT2D eigenvalue weighted by atomic mass is 10.5. The fourth-order valence-corrected chi connectivity index (χ4v) is 1.95. The van der Waals surface area contributed by atoms with E-state index in [9.17, 15) is 0 Å². The highest BCUT2D eigenvalue weighted by Gasteiger charge is 2.11. The topological polar surface area (TPSA) is 85.7 Å². The highest BCUT2D eigenvalue weighted by molar-refractivity contribution is 7.99. The summed E-state index contributed by atoms with van der Waals surface area (Å²) in [5.74, 6) is 0.483. The van der Waals surface area contributed by atoms with Crippen molar-refractivity contribution in [3.8, 4) is 6.01 Å². The minimum Gasteiger partial charge on any atom is -0.461 e. The first-order chi connectivity index (χ1) is 9.67. The van der Waals surface area contributed by atoms with Crippen LogP contribution in [0.4, 0.5) is 5.95 Å². The van der Waals surface area contributed by atoms with E-state index in [4.69, 9.17) is 4.74 Å². The summed E-state index contributed by atoms with van der Waals surface area (Å²) in [7, 11) is 0. The molecule has 0 aliphatic heterocycles. The van der Waals surface area contributed by atoms with Gasteiger partial charge in [0.05, 0.1) is 6.10 Å². The van der Waals surface area contributed by atoms with Crippen LogP contribution in [-0.4, -0.2) is 37.6 Å². The van der Waals surface area contributed by atoms with Crippen LogP contribution in [0.1, 0.15) is 20.8 Å². The van der Waals surface area contributed by atoms with Gasteiger partial charge in [0, 0.05) is 18.9 Å². The summed E-state index contributed by atoms with van der Waals surface area (Å²) in [6.07, 6.45) is 3.35. The van der Waals surface area contributed by atoms with Gasteiger partial charge in [-0.05, 0) is 38.6 Å². The summed E-state index contributed by atoms with van der Waals surface area (Å²) in [6.45, 7) is 6.53. The van der Waals surface area contributed by atoms with Gasteiger partial charge in [0.1, 0.15) is 0 Å². The van der Waals surface area contributed by atoms with Crippen LogP contribution < -0.4 is 10.1 Å². The minimum atomic E-state index is -0.00213. The molecule has 8 heteroatoms. The Hall–Kier alpha value is -1.96. The smallest absolute Gasteiger partial charge is 0.322 e. The summed E-state index contributed by atoms with van der Waals surface area (Å²) in [6, 6.07) is 2.05. The van der Waals surface area contributed by atoms with Crippen LogP contribution >= 0.6 is 11.8 Å². The maximum Gasteiger partial charge on any atom is 0.322 e. The van der Waals surface area contributed by atoms with Crippen molar-refractivity contribution in [2.24, 2.45) is 0 Å². The predicted octanol–water partition coefficient (Wildman–Crippen LogP) is 2.03. The quantitative estimate of drug-likeness (QED) is 0.809. The first-order valence-corrected chi connectivity index (χ1v) is 7.10. The number of hydrogen-bond donors (Lipinski definition) is 1. The van der Waals surface area contributed by atoms with Crippen LogP contribution in [0, 0.1) is 0 Å². The standard InChI is InChI=1S/C12H16N6OS/c1-4-13-9-16-10(19-8(2)3)18-12(17-9)20-11-14-6-5-7-15-11/h5-8H,4H2,1-3H3,(H,13,16,17,18). The predicted molar refractivity (Wildman–Crippen MR) is 75.9 cm³/mol. The van der Waals surface area contributed by atoms with E-state index in [-0.39, 0.29) is 6.10 Å². The number of anilines is 1. The van der Waals surface area contributed by atoms with Gasteiger partial charge in [-0.3, -0.25) is 0 Å². The molecule has 0 atom stereocenters. The Morgan fingerprint density at radius 1 is 1.15 bits per heavy atom. The van der Waals surface area contributed by atoms with Gasteiger partial charge in [0.2, 0.25) is 11.1 Å². The van der Waals surface area contributed by atoms with E-state index >= 15 is 0 Å². The molecule has 0 aliphatic carbocycles. The number of nitrogens with zero attached hydrogens (tertiary/aromatic N) is 5. The number of hydrogen-bond acceptors (Lipinski definition) is 8. The number of rotatable bonds is 6. The van der Waals surface area contributed by atoms with Crippen LogP contribution in [0.3, 0.4) is 0 Å². The molecule has 0 amide bonds. The second kappa shape index (κ2) is 6.99. The molecule has 2 heterocycles. The lowest BCUT2D eigenvalue weighted by Crippen LogP contribution is -2.12. The largest absolute Gasteiger partial charge is 0.461 e. The van der Waals surface area contributed by atoms with E-state index in [0.717, 1.165) is 6.54 Å². The number of nitrogens with one attached hydrogen (secondary N) is 1. The number of aromatic nitrogens is 5. The maximum atomic E-state index is 5.52. The highest BCUT2D eigenvalue weighted by atomic mass is 32.2. The molecule has 0 fully saturated rings. The molecule has 0 spiro atoms. The zero-order valence-corrected chi connectivity index (χ0v) is 12.4. The molecular formula is C12H16N6OS. The van der Waals surface area contributed by atoms with Crippen LogP contribution in [0.25, 0.3) is 0 Å². The van der Waals surface area contributed by atoms with E-state index in [1.54, 1.807) is 18.5 Å². The first-order valence-electron chi connectivity index (χ1n) is 6.29. The summed E-state index contributed by atoms with van der Waals surface area (Å²) in [5, 5.41) is 4.13. The van der Waals surface area contributed by atoms with Crippen molar-refractivity contribution in [3.05, 3.63) is 18.5 Å². The Morgan fingerprint density at radius 3 is 2.55 bits per heavy atom. The third-order valence-electron chi connectivity index (χ3n) is 2.00. The molecule has 0 bridgehead atoms. The average molecular weight is 292 g/mol. The van der Waals surface area contributed by atoms with E-state index < -0.39 is 0 Å². The first kappa shape index (κ1) is 14.4. The Morgan fingerprint density at radius 2 is 1.90 bits per heavy atom. The maximum absolute atomic E-state index is 5.52. The minimum absolute atomic E-state index is 0.00213. The molecule has 2 rings (SSSR count). The van der Waals surface area contributed by atoms with Crippen molar-refractivity contribution in [1.82, 2.24) is 24.9 Å². The summed E-state index contributed by atoms with van der Waals surface area (Å²) in [4.78, 5) is 21.0. The summed E-state index contributed by atoms with van der Waals surface area (Å²) in [5.41, 5.74) is 0. The number of ether oxygens (including phenoxy) is 1. The van der Waals surface area contributed by atoms with Crippen molar-refractivity contribution in [2.45, 2.75) is 37.2 Å². The zero-order valence-electron chi connectivity index (χ0n) is 11.6. The van der Waals surface area contributed by atoms with Gasteiger partial charge in [0.15, 0.2) is 5.16 Å². The molecule has 2 aromatic heterocycles. The molecule has 0 aromatic carbocycles. The third-order valence-corrected chi connectivity index (χ3v) is 2.75. The van der Waals surface area contributed by atoms with E-state index in [1.165, 1.54) is 11.8 Å². The Kier molecular flexibility index (Phi) is 5.05. The Balaban J connectivity index is 2.24. The van der Waals surface area contributed by atoms with Crippen molar-refractivity contribution < 1.29 is 4.74 Å². The summed E-state index contributed by atoms with van der Waals surface area (Å²) < 4.78 is 5.52.